The van der Waals surface area contributed by atoms with Crippen LogP contribution >= 0.6 is 0 Å². The Morgan fingerprint density at radius 3 is 2.62 bits per heavy atom. The molecule has 1 aliphatic heterocycles. The molecule has 1 atom stereocenters. The maximum atomic E-state index is 13.6. The zero-order valence-electron chi connectivity index (χ0n) is 11.7. The van der Waals surface area contributed by atoms with Gasteiger partial charge in [-0.25, -0.2) is 12.8 Å². The molecule has 116 valence electrons. The van der Waals surface area contributed by atoms with Crippen molar-refractivity contribution in [1.29, 1.82) is 0 Å². The highest BCUT2D eigenvalue weighted by Crippen LogP contribution is 2.34. The summed E-state index contributed by atoms with van der Waals surface area (Å²) in [6, 6.07) is 3.35. The molecule has 0 aromatic heterocycles. The van der Waals surface area contributed by atoms with Crippen LogP contribution in [0.1, 0.15) is 13.3 Å². The van der Waals surface area contributed by atoms with Crippen LogP contribution in [-0.2, 0) is 14.8 Å². The molecular formula is C13H16FNO5S. The Morgan fingerprint density at radius 2 is 2.14 bits per heavy atom. The van der Waals surface area contributed by atoms with Crippen LogP contribution in [0.15, 0.2) is 23.1 Å². The first-order valence-corrected chi connectivity index (χ1v) is 7.72. The largest absolute Gasteiger partial charge is 0.494 e. The second kappa shape index (κ2) is 5.27. The van der Waals surface area contributed by atoms with E-state index in [0.29, 0.717) is 0 Å². The van der Waals surface area contributed by atoms with E-state index < -0.39 is 27.2 Å². The molecule has 1 heterocycles. The summed E-state index contributed by atoms with van der Waals surface area (Å²) >= 11 is 0. The number of ether oxygens (including phenoxy) is 1. The molecule has 0 amide bonds. The van der Waals surface area contributed by atoms with Gasteiger partial charge in [-0.3, -0.25) is 4.79 Å². The third-order valence-electron chi connectivity index (χ3n) is 3.72. The van der Waals surface area contributed by atoms with Crippen molar-refractivity contribution in [2.75, 3.05) is 20.2 Å². The average Bonchev–Trinajstić information content (AvgIpc) is 2.83. The van der Waals surface area contributed by atoms with E-state index in [9.17, 15) is 17.6 Å². The summed E-state index contributed by atoms with van der Waals surface area (Å²) in [5.41, 5.74) is -1.11. The number of carboxylic acids is 1. The molecule has 6 nitrogen and oxygen atoms in total. The van der Waals surface area contributed by atoms with Crippen LogP contribution in [0, 0.1) is 11.2 Å². The molecule has 21 heavy (non-hydrogen) atoms. The number of sulfonamides is 1. The second-order valence-electron chi connectivity index (χ2n) is 5.25. The van der Waals surface area contributed by atoms with Gasteiger partial charge in [0.05, 0.1) is 17.4 Å². The van der Waals surface area contributed by atoms with Gasteiger partial charge in [0.1, 0.15) is 0 Å². The van der Waals surface area contributed by atoms with Crippen LogP contribution in [0.3, 0.4) is 0 Å². The van der Waals surface area contributed by atoms with Crippen molar-refractivity contribution >= 4 is 16.0 Å². The molecule has 0 radical (unpaired) electrons. The minimum absolute atomic E-state index is 0.0502. The SMILES string of the molecule is COc1ccc(S(=O)(=O)N2CCC(C)(C(=O)O)C2)cc1F. The van der Waals surface area contributed by atoms with Crippen LogP contribution in [-0.4, -0.2) is 44.0 Å². The molecular weight excluding hydrogens is 301 g/mol. The van der Waals surface area contributed by atoms with Crippen molar-refractivity contribution < 1.29 is 27.4 Å². The van der Waals surface area contributed by atoms with E-state index >= 15 is 0 Å². The van der Waals surface area contributed by atoms with E-state index in [0.717, 1.165) is 10.4 Å². The number of rotatable bonds is 4. The highest BCUT2D eigenvalue weighted by atomic mass is 32.2. The third kappa shape index (κ3) is 2.73. The summed E-state index contributed by atoms with van der Waals surface area (Å²) in [7, 11) is -2.63. The molecule has 2 rings (SSSR count). The fourth-order valence-corrected chi connectivity index (χ4v) is 3.83. The van der Waals surface area contributed by atoms with E-state index in [4.69, 9.17) is 9.84 Å². The Bertz CT molecular complexity index is 675. The molecule has 1 aromatic carbocycles. The number of carbonyl (C=O) groups is 1. The first kappa shape index (κ1) is 15.7. The molecule has 1 aromatic rings. The summed E-state index contributed by atoms with van der Waals surface area (Å²) in [5.74, 6) is -1.87. The molecule has 1 saturated heterocycles. The fraction of sp³-hybridized carbons (Fsp3) is 0.462. The van der Waals surface area contributed by atoms with Crippen LogP contribution in [0.4, 0.5) is 4.39 Å². The molecule has 8 heteroatoms. The van der Waals surface area contributed by atoms with Crippen molar-refractivity contribution in [3.8, 4) is 5.75 Å². The topological polar surface area (TPSA) is 83.9 Å². The molecule has 0 spiro atoms. The van der Waals surface area contributed by atoms with Gasteiger partial charge in [-0.2, -0.15) is 4.31 Å². The fourth-order valence-electron chi connectivity index (χ4n) is 2.26. The van der Waals surface area contributed by atoms with Gasteiger partial charge in [0.25, 0.3) is 0 Å². The first-order chi connectivity index (χ1) is 9.70. The number of aliphatic carboxylic acids is 1. The molecule has 0 aliphatic carbocycles. The second-order valence-corrected chi connectivity index (χ2v) is 7.19. The predicted molar refractivity (Wildman–Crippen MR) is 72.1 cm³/mol. The van der Waals surface area contributed by atoms with Crippen LogP contribution < -0.4 is 4.74 Å². The minimum atomic E-state index is -3.92. The van der Waals surface area contributed by atoms with Gasteiger partial charge in [-0.15, -0.1) is 0 Å². The Hall–Kier alpha value is -1.67. The predicted octanol–water partition coefficient (Wildman–Crippen LogP) is 1.32. The Kier molecular flexibility index (Phi) is 3.94. The van der Waals surface area contributed by atoms with Gasteiger partial charge in [0.15, 0.2) is 11.6 Å². The van der Waals surface area contributed by atoms with E-state index in [1.807, 2.05) is 0 Å². The lowest BCUT2D eigenvalue weighted by Gasteiger charge is -2.20. The smallest absolute Gasteiger partial charge is 0.310 e. The van der Waals surface area contributed by atoms with E-state index in [-0.39, 0.29) is 30.2 Å². The molecule has 0 saturated carbocycles. The van der Waals surface area contributed by atoms with Crippen molar-refractivity contribution in [2.45, 2.75) is 18.2 Å². The summed E-state index contributed by atoms with van der Waals surface area (Å²) in [6.07, 6.45) is 0.222. The summed E-state index contributed by atoms with van der Waals surface area (Å²) in [6.45, 7) is 1.47. The Morgan fingerprint density at radius 1 is 1.48 bits per heavy atom. The molecule has 1 aliphatic rings. The number of halogens is 1. The zero-order chi connectivity index (χ0) is 15.8. The lowest BCUT2D eigenvalue weighted by molar-refractivity contribution is -0.146. The van der Waals surface area contributed by atoms with E-state index in [1.165, 1.54) is 26.2 Å². The highest BCUT2D eigenvalue weighted by molar-refractivity contribution is 7.89. The van der Waals surface area contributed by atoms with Crippen LogP contribution in [0.2, 0.25) is 0 Å². The quantitative estimate of drug-likeness (QED) is 0.905. The molecule has 0 bridgehead atoms. The van der Waals surface area contributed by atoms with Crippen molar-refractivity contribution in [3.05, 3.63) is 24.0 Å². The molecule has 1 N–H and O–H groups in total. The lowest BCUT2D eigenvalue weighted by Crippen LogP contribution is -2.34. The van der Waals surface area contributed by atoms with Gasteiger partial charge in [0.2, 0.25) is 10.0 Å². The first-order valence-electron chi connectivity index (χ1n) is 6.28. The average molecular weight is 317 g/mol. The zero-order valence-corrected chi connectivity index (χ0v) is 12.5. The highest BCUT2D eigenvalue weighted by Gasteiger charge is 2.44. The van der Waals surface area contributed by atoms with Crippen molar-refractivity contribution in [2.24, 2.45) is 5.41 Å². The van der Waals surface area contributed by atoms with Gasteiger partial charge >= 0.3 is 5.97 Å². The minimum Gasteiger partial charge on any atom is -0.494 e. The number of methoxy groups -OCH3 is 1. The third-order valence-corrected chi connectivity index (χ3v) is 5.56. The normalized spacial score (nSPS) is 23.2. The monoisotopic (exact) mass is 317 g/mol. The summed E-state index contributed by atoms with van der Waals surface area (Å²) in [5, 5.41) is 9.14. The molecule has 1 unspecified atom stereocenters. The summed E-state index contributed by atoms with van der Waals surface area (Å²) in [4.78, 5) is 11.0. The number of carboxylic acid groups (broad SMARTS) is 1. The number of benzene rings is 1. The molecule has 1 fully saturated rings. The maximum absolute atomic E-state index is 13.6. The van der Waals surface area contributed by atoms with Gasteiger partial charge in [-0.05, 0) is 31.5 Å². The van der Waals surface area contributed by atoms with Gasteiger partial charge in [-0.1, -0.05) is 0 Å². The standard InChI is InChI=1S/C13H16FNO5S/c1-13(12(16)17)5-6-15(8-13)21(18,19)9-3-4-11(20-2)10(14)7-9/h3-4,7H,5-6,8H2,1-2H3,(H,16,17). The Labute approximate surface area is 122 Å². The number of hydrogen-bond donors (Lipinski definition) is 1. The van der Waals surface area contributed by atoms with E-state index in [2.05, 4.69) is 0 Å². The lowest BCUT2D eigenvalue weighted by atomic mass is 9.90. The van der Waals surface area contributed by atoms with Gasteiger partial charge in [0, 0.05) is 13.1 Å². The summed E-state index contributed by atoms with van der Waals surface area (Å²) < 4.78 is 44.3. The van der Waals surface area contributed by atoms with Crippen LogP contribution in [0.5, 0.6) is 5.75 Å². The van der Waals surface area contributed by atoms with Crippen molar-refractivity contribution in [3.63, 3.8) is 0 Å². The number of nitrogens with zero attached hydrogens (tertiary/aromatic N) is 1. The maximum Gasteiger partial charge on any atom is 0.310 e. The Balaban J connectivity index is 2.32. The van der Waals surface area contributed by atoms with E-state index in [1.54, 1.807) is 0 Å². The van der Waals surface area contributed by atoms with Gasteiger partial charge < -0.3 is 9.84 Å². The number of hydrogen-bond acceptors (Lipinski definition) is 4. The van der Waals surface area contributed by atoms with Crippen LogP contribution in [0.25, 0.3) is 0 Å². The van der Waals surface area contributed by atoms with Crippen molar-refractivity contribution in [1.82, 2.24) is 4.31 Å².